The summed E-state index contributed by atoms with van der Waals surface area (Å²) in [4.78, 5) is 9.14. The van der Waals surface area contributed by atoms with Crippen LogP contribution in [-0.2, 0) is 0 Å². The second-order valence-corrected chi connectivity index (χ2v) is 6.93. The number of furan rings is 1. The highest BCUT2D eigenvalue weighted by Gasteiger charge is 2.27. The number of hydrogen-bond donors (Lipinski definition) is 2. The molecule has 7 heteroatoms. The van der Waals surface area contributed by atoms with Crippen molar-refractivity contribution in [1.29, 1.82) is 0 Å². The van der Waals surface area contributed by atoms with Crippen molar-refractivity contribution in [3.63, 3.8) is 0 Å². The molecule has 3 heterocycles. The van der Waals surface area contributed by atoms with E-state index in [9.17, 15) is 0 Å². The predicted molar refractivity (Wildman–Crippen MR) is 105 cm³/mol. The first-order valence-corrected chi connectivity index (χ1v) is 8.91. The molecular weight excluding hydrogens is 394 g/mol. The number of para-hydroxylation sites is 2. The van der Waals surface area contributed by atoms with E-state index in [1.807, 2.05) is 65.2 Å². The minimum absolute atomic E-state index is 0.319. The minimum atomic E-state index is -0.400. The highest BCUT2D eigenvalue weighted by atomic mass is 79.9. The standard InChI is InChI=1S/C19H14BrN5O/c20-12-7-5-11(6-8-12)15-9-10-16(26-15)17-23-18(21)24-19-22-13-3-1-2-4-14(13)25(17)19/h1-10,17H,(H3,21,22,23,24). The zero-order chi connectivity index (χ0) is 17.7. The Labute approximate surface area is 157 Å². The Kier molecular flexibility index (Phi) is 3.36. The van der Waals surface area contributed by atoms with Crippen molar-refractivity contribution in [3.8, 4) is 11.3 Å². The number of hydrogen-bond acceptors (Lipinski definition) is 5. The molecule has 2 aromatic heterocycles. The highest BCUT2D eigenvalue weighted by Crippen LogP contribution is 2.34. The van der Waals surface area contributed by atoms with Crippen LogP contribution in [0, 0.1) is 0 Å². The van der Waals surface area contributed by atoms with Crippen LogP contribution in [0.1, 0.15) is 11.9 Å². The number of imidazole rings is 1. The zero-order valence-corrected chi connectivity index (χ0v) is 15.1. The molecule has 2 aromatic carbocycles. The quantitative estimate of drug-likeness (QED) is 0.517. The van der Waals surface area contributed by atoms with E-state index < -0.39 is 6.17 Å². The summed E-state index contributed by atoms with van der Waals surface area (Å²) in [5.74, 6) is 2.47. The van der Waals surface area contributed by atoms with Gasteiger partial charge in [-0.3, -0.25) is 9.88 Å². The number of rotatable bonds is 2. The first kappa shape index (κ1) is 15.2. The number of aliphatic imine (C=N–C) groups is 1. The fourth-order valence-electron chi connectivity index (χ4n) is 3.17. The maximum atomic E-state index is 6.12. The molecule has 1 aliphatic rings. The van der Waals surface area contributed by atoms with Crippen LogP contribution >= 0.6 is 15.9 Å². The van der Waals surface area contributed by atoms with E-state index in [2.05, 4.69) is 31.2 Å². The molecule has 0 radical (unpaired) electrons. The maximum Gasteiger partial charge on any atom is 0.212 e. The number of guanidine groups is 1. The van der Waals surface area contributed by atoms with Gasteiger partial charge >= 0.3 is 0 Å². The molecule has 26 heavy (non-hydrogen) atoms. The molecule has 1 aliphatic heterocycles. The van der Waals surface area contributed by atoms with Crippen molar-refractivity contribution >= 4 is 38.9 Å². The number of nitrogens with one attached hydrogen (secondary N) is 1. The number of nitrogens with zero attached hydrogens (tertiary/aromatic N) is 3. The molecule has 4 aromatic rings. The monoisotopic (exact) mass is 407 g/mol. The van der Waals surface area contributed by atoms with E-state index in [0.717, 1.165) is 26.8 Å². The molecule has 128 valence electrons. The fourth-order valence-corrected chi connectivity index (χ4v) is 3.43. The average molecular weight is 408 g/mol. The summed E-state index contributed by atoms with van der Waals surface area (Å²) in [6.07, 6.45) is -0.400. The molecule has 1 unspecified atom stereocenters. The van der Waals surface area contributed by atoms with Crippen molar-refractivity contribution in [1.82, 2.24) is 9.55 Å². The normalized spacial score (nSPS) is 16.2. The van der Waals surface area contributed by atoms with Crippen LogP contribution in [0.5, 0.6) is 0 Å². The third kappa shape index (κ3) is 2.40. The van der Waals surface area contributed by atoms with E-state index in [0.29, 0.717) is 17.7 Å². The first-order valence-electron chi connectivity index (χ1n) is 8.12. The van der Waals surface area contributed by atoms with Gasteiger partial charge in [-0.25, -0.2) is 9.98 Å². The second-order valence-electron chi connectivity index (χ2n) is 6.02. The van der Waals surface area contributed by atoms with Gasteiger partial charge in [0.15, 0.2) is 12.1 Å². The van der Waals surface area contributed by atoms with Crippen molar-refractivity contribution < 1.29 is 4.42 Å². The van der Waals surface area contributed by atoms with E-state index in [4.69, 9.17) is 10.2 Å². The number of anilines is 1. The number of aromatic nitrogens is 2. The Hall–Kier alpha value is -3.06. The number of fused-ring (bicyclic) bond motifs is 3. The second kappa shape index (κ2) is 5.74. The molecule has 6 nitrogen and oxygen atoms in total. The number of halogens is 1. The number of benzene rings is 2. The Morgan fingerprint density at radius 1 is 1.04 bits per heavy atom. The summed E-state index contributed by atoms with van der Waals surface area (Å²) in [5, 5.41) is 3.03. The van der Waals surface area contributed by atoms with Gasteiger partial charge in [-0.2, -0.15) is 0 Å². The van der Waals surface area contributed by atoms with Crippen molar-refractivity contribution in [3.05, 3.63) is 70.9 Å². The SMILES string of the molecule is NC1=NC(c2ccc(-c3ccc(Br)cc3)o2)n2c(nc3ccccc32)N1. The van der Waals surface area contributed by atoms with Crippen LogP contribution in [0.25, 0.3) is 22.4 Å². The Morgan fingerprint density at radius 2 is 1.85 bits per heavy atom. The van der Waals surface area contributed by atoms with Gasteiger partial charge in [0.1, 0.15) is 11.5 Å². The molecule has 0 amide bonds. The van der Waals surface area contributed by atoms with Crippen LogP contribution in [-0.4, -0.2) is 15.5 Å². The van der Waals surface area contributed by atoms with Gasteiger partial charge in [0.05, 0.1) is 11.0 Å². The molecule has 5 rings (SSSR count). The van der Waals surface area contributed by atoms with E-state index in [1.54, 1.807) is 0 Å². The van der Waals surface area contributed by atoms with E-state index >= 15 is 0 Å². The van der Waals surface area contributed by atoms with Crippen LogP contribution in [0.15, 0.2) is 74.5 Å². The lowest BCUT2D eigenvalue weighted by Crippen LogP contribution is -2.31. The van der Waals surface area contributed by atoms with Crippen molar-refractivity contribution in [2.45, 2.75) is 6.17 Å². The lowest BCUT2D eigenvalue weighted by molar-refractivity contribution is 0.449. The van der Waals surface area contributed by atoms with Gasteiger partial charge in [-0.15, -0.1) is 0 Å². The van der Waals surface area contributed by atoms with Gasteiger partial charge in [-0.1, -0.05) is 40.2 Å². The van der Waals surface area contributed by atoms with Gasteiger partial charge in [0.25, 0.3) is 0 Å². The van der Waals surface area contributed by atoms with Crippen molar-refractivity contribution in [2.75, 3.05) is 5.32 Å². The summed E-state index contributed by atoms with van der Waals surface area (Å²) in [6.45, 7) is 0. The largest absolute Gasteiger partial charge is 0.457 e. The van der Waals surface area contributed by atoms with Crippen molar-refractivity contribution in [2.24, 2.45) is 10.7 Å². The maximum absolute atomic E-state index is 6.12. The topological polar surface area (TPSA) is 81.4 Å². The van der Waals surface area contributed by atoms with Gasteiger partial charge in [-0.05, 0) is 36.4 Å². The van der Waals surface area contributed by atoms with Crippen LogP contribution in [0.3, 0.4) is 0 Å². The van der Waals surface area contributed by atoms with Crippen LogP contribution in [0.2, 0.25) is 0 Å². The molecule has 1 atom stereocenters. The van der Waals surface area contributed by atoms with Crippen LogP contribution < -0.4 is 11.1 Å². The van der Waals surface area contributed by atoms with Gasteiger partial charge < -0.3 is 10.2 Å². The summed E-state index contributed by atoms with van der Waals surface area (Å²) >= 11 is 3.45. The molecule has 0 bridgehead atoms. The molecular formula is C19H14BrN5O. The average Bonchev–Trinajstić information content (AvgIpc) is 3.26. The van der Waals surface area contributed by atoms with Crippen LogP contribution in [0.4, 0.5) is 5.95 Å². The first-order chi connectivity index (χ1) is 12.7. The third-order valence-electron chi connectivity index (χ3n) is 4.35. The Bertz CT molecular complexity index is 1140. The smallest absolute Gasteiger partial charge is 0.212 e. The molecule has 0 spiro atoms. The van der Waals surface area contributed by atoms with E-state index in [-0.39, 0.29) is 0 Å². The highest BCUT2D eigenvalue weighted by molar-refractivity contribution is 9.10. The summed E-state index contributed by atoms with van der Waals surface area (Å²) in [7, 11) is 0. The summed E-state index contributed by atoms with van der Waals surface area (Å²) in [6, 6.07) is 19.8. The van der Waals surface area contributed by atoms with Gasteiger partial charge in [0.2, 0.25) is 5.95 Å². The summed E-state index contributed by atoms with van der Waals surface area (Å²) < 4.78 is 9.14. The lowest BCUT2D eigenvalue weighted by atomic mass is 10.2. The van der Waals surface area contributed by atoms with E-state index in [1.165, 1.54) is 0 Å². The molecule has 0 saturated heterocycles. The Balaban J connectivity index is 1.62. The molecule has 0 fully saturated rings. The summed E-state index contributed by atoms with van der Waals surface area (Å²) in [5.41, 5.74) is 8.82. The molecule has 3 N–H and O–H groups in total. The predicted octanol–water partition coefficient (Wildman–Crippen LogP) is 4.35. The zero-order valence-electron chi connectivity index (χ0n) is 13.6. The lowest BCUT2D eigenvalue weighted by Gasteiger charge is -2.21. The van der Waals surface area contributed by atoms with Gasteiger partial charge in [0, 0.05) is 10.0 Å². The fraction of sp³-hybridized carbons (Fsp3) is 0.0526. The Morgan fingerprint density at radius 3 is 2.69 bits per heavy atom. The third-order valence-corrected chi connectivity index (χ3v) is 4.88. The molecule has 0 saturated carbocycles. The minimum Gasteiger partial charge on any atom is -0.457 e. The number of nitrogens with two attached hydrogens (primary N) is 1. The molecule has 0 aliphatic carbocycles.